The summed E-state index contributed by atoms with van der Waals surface area (Å²) in [4.78, 5) is 32.7. The molecule has 7 rings (SSSR count). The molecule has 0 aliphatic carbocycles. The molecule has 11 nitrogen and oxygen atoms in total. The fraction of sp³-hybridized carbons (Fsp3) is 0.0690. The van der Waals surface area contributed by atoms with Crippen LogP contribution in [-0.2, 0) is 0 Å². The van der Waals surface area contributed by atoms with Gasteiger partial charge in [0.05, 0.1) is 34.2 Å². The van der Waals surface area contributed by atoms with Gasteiger partial charge < -0.3 is 10.9 Å². The highest BCUT2D eigenvalue weighted by molar-refractivity contribution is 5.98. The van der Waals surface area contributed by atoms with Crippen LogP contribution >= 0.6 is 0 Å². The van der Waals surface area contributed by atoms with Crippen LogP contribution in [0, 0.1) is 0 Å². The van der Waals surface area contributed by atoms with Crippen molar-refractivity contribution in [1.29, 1.82) is 0 Å². The van der Waals surface area contributed by atoms with Gasteiger partial charge in [-0.3, -0.25) is 15.0 Å². The third-order valence-electron chi connectivity index (χ3n) is 6.36. The lowest BCUT2D eigenvalue weighted by atomic mass is 10.2. The van der Waals surface area contributed by atoms with E-state index in [4.69, 9.17) is 24.9 Å². The van der Waals surface area contributed by atoms with Crippen LogP contribution in [0.15, 0.2) is 113 Å². The normalized spacial score (nSPS) is 18.0. The highest BCUT2D eigenvalue weighted by Gasteiger charge is 2.25. The SMILES string of the molecule is c1ccc(-c2cccc(C3=NC(c4cccc(C5N=C(c6cccc(-c7ccccn7)n6)NN5)n4)NN3)n2)nc1. The topological polar surface area (TPSA) is 137 Å². The lowest BCUT2D eigenvalue weighted by molar-refractivity contribution is 0.536. The van der Waals surface area contributed by atoms with Crippen LogP contribution < -0.4 is 21.7 Å². The Morgan fingerprint density at radius 3 is 1.35 bits per heavy atom. The van der Waals surface area contributed by atoms with E-state index in [2.05, 4.69) is 31.7 Å². The molecule has 0 saturated heterocycles. The Morgan fingerprint density at radius 1 is 0.425 bits per heavy atom. The molecule has 4 N–H and O–H groups in total. The molecule has 194 valence electrons. The maximum Gasteiger partial charge on any atom is 0.163 e. The number of aromatic nitrogens is 5. The highest BCUT2D eigenvalue weighted by atomic mass is 15.5. The Morgan fingerprint density at radius 2 is 0.875 bits per heavy atom. The molecule has 0 bridgehead atoms. The third kappa shape index (κ3) is 4.77. The first-order valence-electron chi connectivity index (χ1n) is 12.7. The van der Waals surface area contributed by atoms with E-state index in [0.29, 0.717) is 23.1 Å². The minimum atomic E-state index is -0.384. The van der Waals surface area contributed by atoms with Gasteiger partial charge in [0.15, 0.2) is 24.0 Å². The van der Waals surface area contributed by atoms with E-state index in [-0.39, 0.29) is 12.3 Å². The molecular weight excluding hydrogens is 502 g/mol. The van der Waals surface area contributed by atoms with Gasteiger partial charge in [-0.25, -0.2) is 30.8 Å². The molecule has 2 atom stereocenters. The quantitative estimate of drug-likeness (QED) is 0.263. The van der Waals surface area contributed by atoms with Crippen molar-refractivity contribution in [1.82, 2.24) is 46.6 Å². The van der Waals surface area contributed by atoms with Crippen molar-refractivity contribution in [3.8, 4) is 22.8 Å². The van der Waals surface area contributed by atoms with Gasteiger partial charge in [-0.2, -0.15) is 0 Å². The second-order valence-electron chi connectivity index (χ2n) is 9.03. The Hall–Kier alpha value is -5.39. The van der Waals surface area contributed by atoms with Crippen LogP contribution in [0.5, 0.6) is 0 Å². The number of rotatable bonds is 6. The molecule has 0 saturated carbocycles. The van der Waals surface area contributed by atoms with E-state index < -0.39 is 0 Å². The summed E-state index contributed by atoms with van der Waals surface area (Å²) in [6, 6.07) is 28.9. The van der Waals surface area contributed by atoms with Crippen LogP contribution in [0.1, 0.15) is 35.1 Å². The number of aliphatic imine (C=N–C) groups is 2. The van der Waals surface area contributed by atoms with Crippen molar-refractivity contribution in [2.45, 2.75) is 12.3 Å². The van der Waals surface area contributed by atoms with E-state index >= 15 is 0 Å². The Kier molecular flexibility index (Phi) is 6.17. The molecule has 2 unspecified atom stereocenters. The largest absolute Gasteiger partial charge is 0.302 e. The number of hydrogen-bond acceptors (Lipinski definition) is 11. The lowest BCUT2D eigenvalue weighted by Gasteiger charge is -2.11. The van der Waals surface area contributed by atoms with Crippen molar-refractivity contribution in [2.75, 3.05) is 0 Å². The van der Waals surface area contributed by atoms with Gasteiger partial charge >= 0.3 is 0 Å². The average Bonchev–Trinajstić information content (AvgIpc) is 3.74. The molecule has 5 aromatic rings. The summed E-state index contributed by atoms with van der Waals surface area (Å²) < 4.78 is 0. The molecule has 0 aromatic carbocycles. The molecule has 2 aliphatic rings. The van der Waals surface area contributed by atoms with Crippen LogP contribution in [0.4, 0.5) is 0 Å². The molecule has 0 spiro atoms. The smallest absolute Gasteiger partial charge is 0.163 e. The second kappa shape index (κ2) is 10.4. The first-order valence-corrected chi connectivity index (χ1v) is 12.7. The standard InChI is InChI=1S/C29H23N11/c1-3-16-30-18(8-1)20-10-5-12-22(32-20)26-35-28(39-37-26)24-14-7-15-25(34-24)29-36-27(38-40-29)23-13-6-11-21(33-23)19-9-2-4-17-31-19/h1-17,28-29,39-40H,(H,35,37)(H,36,38). The summed E-state index contributed by atoms with van der Waals surface area (Å²) in [7, 11) is 0. The van der Waals surface area contributed by atoms with Crippen molar-refractivity contribution >= 4 is 11.7 Å². The summed E-state index contributed by atoms with van der Waals surface area (Å²) >= 11 is 0. The Balaban J connectivity index is 1.10. The van der Waals surface area contributed by atoms with Gasteiger partial charge in [0.1, 0.15) is 11.4 Å². The van der Waals surface area contributed by atoms with Crippen molar-refractivity contribution in [3.05, 3.63) is 126 Å². The van der Waals surface area contributed by atoms with Crippen molar-refractivity contribution < 1.29 is 0 Å². The zero-order valence-corrected chi connectivity index (χ0v) is 21.1. The van der Waals surface area contributed by atoms with E-state index in [1.54, 1.807) is 12.4 Å². The number of amidine groups is 2. The number of pyridine rings is 5. The summed E-state index contributed by atoms with van der Waals surface area (Å²) in [5, 5.41) is 0. The summed E-state index contributed by atoms with van der Waals surface area (Å²) in [5.74, 6) is 1.27. The van der Waals surface area contributed by atoms with E-state index in [0.717, 1.165) is 34.2 Å². The highest BCUT2D eigenvalue weighted by Crippen LogP contribution is 2.23. The molecule has 11 heteroatoms. The molecule has 0 fully saturated rings. The summed E-state index contributed by atoms with van der Waals surface area (Å²) in [5.41, 5.74) is 18.8. The van der Waals surface area contributed by atoms with E-state index in [1.807, 2.05) is 91.0 Å². The number of nitrogens with one attached hydrogen (secondary N) is 4. The Bertz CT molecular complexity index is 1600. The molecule has 0 amide bonds. The van der Waals surface area contributed by atoms with Crippen LogP contribution in [0.2, 0.25) is 0 Å². The number of hydrazine groups is 2. The zero-order valence-electron chi connectivity index (χ0n) is 21.1. The predicted octanol–water partition coefficient (Wildman–Crippen LogP) is 3.10. The average molecular weight is 526 g/mol. The molecule has 7 heterocycles. The molecule has 40 heavy (non-hydrogen) atoms. The minimum absolute atomic E-state index is 0.384. The zero-order chi connectivity index (χ0) is 26.7. The van der Waals surface area contributed by atoms with Crippen LogP contribution in [-0.4, -0.2) is 36.6 Å². The number of hydrogen-bond donors (Lipinski definition) is 4. The molecular formula is C29H23N11. The van der Waals surface area contributed by atoms with E-state index in [9.17, 15) is 0 Å². The van der Waals surface area contributed by atoms with Gasteiger partial charge in [0.25, 0.3) is 0 Å². The fourth-order valence-electron chi connectivity index (χ4n) is 4.42. The predicted molar refractivity (Wildman–Crippen MR) is 150 cm³/mol. The number of nitrogens with zero attached hydrogens (tertiary/aromatic N) is 7. The monoisotopic (exact) mass is 525 g/mol. The van der Waals surface area contributed by atoms with Crippen molar-refractivity contribution in [3.63, 3.8) is 0 Å². The fourth-order valence-corrected chi connectivity index (χ4v) is 4.42. The van der Waals surface area contributed by atoms with Crippen molar-refractivity contribution in [2.24, 2.45) is 9.98 Å². The first kappa shape index (κ1) is 23.7. The van der Waals surface area contributed by atoms with Gasteiger partial charge in [-0.05, 0) is 60.7 Å². The first-order chi connectivity index (χ1) is 19.8. The van der Waals surface area contributed by atoms with E-state index in [1.165, 1.54) is 0 Å². The van der Waals surface area contributed by atoms with Crippen LogP contribution in [0.25, 0.3) is 22.8 Å². The molecule has 5 aromatic heterocycles. The Labute approximate surface area is 229 Å². The summed E-state index contributed by atoms with van der Waals surface area (Å²) in [6.07, 6.45) is 2.74. The minimum Gasteiger partial charge on any atom is -0.302 e. The van der Waals surface area contributed by atoms with Crippen LogP contribution in [0.3, 0.4) is 0 Å². The van der Waals surface area contributed by atoms with Gasteiger partial charge in [0.2, 0.25) is 0 Å². The maximum atomic E-state index is 4.84. The van der Waals surface area contributed by atoms with Gasteiger partial charge in [0, 0.05) is 12.4 Å². The molecule has 2 aliphatic heterocycles. The maximum absolute atomic E-state index is 4.84. The molecule has 0 radical (unpaired) electrons. The third-order valence-corrected chi connectivity index (χ3v) is 6.36. The summed E-state index contributed by atoms with van der Waals surface area (Å²) in [6.45, 7) is 0. The van der Waals surface area contributed by atoms with Gasteiger partial charge in [-0.1, -0.05) is 30.3 Å². The van der Waals surface area contributed by atoms with Gasteiger partial charge in [-0.15, -0.1) is 0 Å². The second-order valence-corrected chi connectivity index (χ2v) is 9.03. The lowest BCUT2D eigenvalue weighted by Crippen LogP contribution is -2.33.